The van der Waals surface area contributed by atoms with Gasteiger partial charge >= 0.3 is 12.1 Å². The number of rotatable bonds is 5. The molecular weight excluding hydrogens is 448 g/mol. The Morgan fingerprint density at radius 3 is 2.31 bits per heavy atom. The standard InChI is InChI=1S/C27H28N2O6/c30-18-13-24(26(32)33)29(14-18)25(31)16-6-5-7-17(12-16)28-27(34)35-15-23-21-10-3-1-8-19(21)20-9-2-4-11-22(20)23/h1-5,7-11,16-18,23-24,30H,6,12-15H2,(H,28,34)(H,32,33)/t16-,17-,18-,24+/m1/s1. The normalized spacial score (nSPS) is 25.1. The summed E-state index contributed by atoms with van der Waals surface area (Å²) in [6.45, 7) is 0.213. The lowest BCUT2D eigenvalue weighted by Crippen LogP contribution is -2.46. The third kappa shape index (κ3) is 4.53. The zero-order valence-electron chi connectivity index (χ0n) is 19.2. The van der Waals surface area contributed by atoms with Gasteiger partial charge < -0.3 is 25.2 Å². The Morgan fingerprint density at radius 1 is 1.00 bits per heavy atom. The van der Waals surface area contributed by atoms with Crippen molar-refractivity contribution in [2.24, 2.45) is 5.92 Å². The largest absolute Gasteiger partial charge is 0.480 e. The third-order valence-electron chi connectivity index (χ3n) is 7.17. The zero-order valence-corrected chi connectivity index (χ0v) is 19.2. The number of fused-ring (bicyclic) bond motifs is 3. The van der Waals surface area contributed by atoms with E-state index in [-0.39, 0.29) is 31.4 Å². The Morgan fingerprint density at radius 2 is 1.66 bits per heavy atom. The number of hydrogen-bond acceptors (Lipinski definition) is 5. The van der Waals surface area contributed by atoms with Crippen LogP contribution in [0.3, 0.4) is 0 Å². The van der Waals surface area contributed by atoms with Crippen molar-refractivity contribution in [1.29, 1.82) is 0 Å². The molecule has 4 atom stereocenters. The topological polar surface area (TPSA) is 116 Å². The predicted octanol–water partition coefficient (Wildman–Crippen LogP) is 2.91. The number of aliphatic hydroxyl groups excluding tert-OH is 1. The van der Waals surface area contributed by atoms with Crippen molar-refractivity contribution in [1.82, 2.24) is 10.2 Å². The van der Waals surface area contributed by atoms with Crippen molar-refractivity contribution >= 4 is 18.0 Å². The fourth-order valence-corrected chi connectivity index (χ4v) is 5.51. The summed E-state index contributed by atoms with van der Waals surface area (Å²) in [5.41, 5.74) is 4.57. The van der Waals surface area contributed by atoms with E-state index >= 15 is 0 Å². The molecular formula is C27H28N2O6. The zero-order chi connectivity index (χ0) is 24.5. The SMILES string of the molecule is O=C(N[C@@H]1C=CC[C@@H](C(=O)N2C[C@H](O)C[C@H]2C(=O)O)C1)OCC1c2ccccc2-c2ccccc21. The molecule has 0 spiro atoms. The minimum absolute atomic E-state index is 0.0144. The number of aliphatic hydroxyl groups is 1. The number of aliphatic carboxylic acids is 1. The van der Waals surface area contributed by atoms with Gasteiger partial charge in [0.05, 0.1) is 12.1 Å². The first-order chi connectivity index (χ1) is 16.9. The molecule has 1 heterocycles. The quantitative estimate of drug-likeness (QED) is 0.572. The highest BCUT2D eigenvalue weighted by atomic mass is 16.5. The second-order valence-corrected chi connectivity index (χ2v) is 9.41. The van der Waals surface area contributed by atoms with Crippen LogP contribution in [0.25, 0.3) is 11.1 Å². The van der Waals surface area contributed by atoms with Gasteiger partial charge in [-0.3, -0.25) is 4.79 Å². The Hall–Kier alpha value is -3.65. The maximum absolute atomic E-state index is 13.0. The van der Waals surface area contributed by atoms with E-state index in [4.69, 9.17) is 4.74 Å². The lowest BCUT2D eigenvalue weighted by atomic mass is 9.89. The van der Waals surface area contributed by atoms with Gasteiger partial charge in [-0.15, -0.1) is 0 Å². The summed E-state index contributed by atoms with van der Waals surface area (Å²) in [7, 11) is 0. The monoisotopic (exact) mass is 476 g/mol. The molecule has 0 radical (unpaired) electrons. The smallest absolute Gasteiger partial charge is 0.407 e. The van der Waals surface area contributed by atoms with E-state index in [9.17, 15) is 24.6 Å². The van der Waals surface area contributed by atoms with Gasteiger partial charge in [0.2, 0.25) is 5.91 Å². The van der Waals surface area contributed by atoms with Gasteiger partial charge in [-0.25, -0.2) is 9.59 Å². The molecule has 182 valence electrons. The summed E-state index contributed by atoms with van der Waals surface area (Å²) in [5, 5.41) is 22.1. The first kappa shape index (κ1) is 23.1. The van der Waals surface area contributed by atoms with Crippen LogP contribution in [0, 0.1) is 5.92 Å². The van der Waals surface area contributed by atoms with E-state index in [1.54, 1.807) is 0 Å². The highest BCUT2D eigenvalue weighted by Crippen LogP contribution is 2.44. The molecule has 5 rings (SSSR count). The summed E-state index contributed by atoms with van der Waals surface area (Å²) in [6, 6.07) is 14.8. The molecule has 0 aromatic heterocycles. The van der Waals surface area contributed by atoms with E-state index < -0.39 is 36.2 Å². The summed E-state index contributed by atoms with van der Waals surface area (Å²) < 4.78 is 5.61. The molecule has 2 aromatic rings. The molecule has 3 aliphatic rings. The lowest BCUT2D eigenvalue weighted by molar-refractivity contribution is -0.150. The van der Waals surface area contributed by atoms with Crippen molar-refractivity contribution in [3.05, 3.63) is 71.8 Å². The number of hydrogen-bond donors (Lipinski definition) is 3. The number of nitrogens with one attached hydrogen (secondary N) is 1. The van der Waals surface area contributed by atoms with Crippen LogP contribution in [0.4, 0.5) is 4.79 Å². The summed E-state index contributed by atoms with van der Waals surface area (Å²) in [6.07, 6.45) is 3.09. The van der Waals surface area contributed by atoms with E-state index in [0.29, 0.717) is 12.8 Å². The number of carbonyl (C=O) groups excluding carboxylic acids is 2. The van der Waals surface area contributed by atoms with Crippen LogP contribution >= 0.6 is 0 Å². The van der Waals surface area contributed by atoms with Crippen LogP contribution in [-0.2, 0) is 14.3 Å². The maximum atomic E-state index is 13.0. The number of amides is 2. The van der Waals surface area contributed by atoms with E-state index in [1.165, 1.54) is 4.90 Å². The van der Waals surface area contributed by atoms with Crippen LogP contribution in [0.15, 0.2) is 60.7 Å². The molecule has 8 heteroatoms. The Labute approximate surface area is 203 Å². The van der Waals surface area contributed by atoms with Crippen LogP contribution < -0.4 is 5.32 Å². The van der Waals surface area contributed by atoms with Crippen LogP contribution in [0.5, 0.6) is 0 Å². The predicted molar refractivity (Wildman–Crippen MR) is 128 cm³/mol. The van der Waals surface area contributed by atoms with Gasteiger partial charge in [-0.05, 0) is 35.1 Å². The highest BCUT2D eigenvalue weighted by Gasteiger charge is 2.41. The van der Waals surface area contributed by atoms with Gasteiger partial charge in [-0.2, -0.15) is 0 Å². The maximum Gasteiger partial charge on any atom is 0.407 e. The van der Waals surface area contributed by atoms with Crippen molar-refractivity contribution in [2.75, 3.05) is 13.2 Å². The molecule has 0 saturated carbocycles. The van der Waals surface area contributed by atoms with Gasteiger partial charge in [0, 0.05) is 24.8 Å². The van der Waals surface area contributed by atoms with Gasteiger partial charge in [-0.1, -0.05) is 60.7 Å². The molecule has 2 aromatic carbocycles. The average molecular weight is 477 g/mol. The molecule has 1 fully saturated rings. The Balaban J connectivity index is 1.19. The van der Waals surface area contributed by atoms with E-state index in [0.717, 1.165) is 22.3 Å². The lowest BCUT2D eigenvalue weighted by Gasteiger charge is -2.30. The number of likely N-dealkylation sites (tertiary alicyclic amines) is 1. The molecule has 2 aliphatic carbocycles. The second-order valence-electron chi connectivity index (χ2n) is 9.41. The fraction of sp³-hybridized carbons (Fsp3) is 0.370. The Bertz CT molecular complexity index is 1130. The fourth-order valence-electron chi connectivity index (χ4n) is 5.51. The second kappa shape index (κ2) is 9.54. The number of ether oxygens (including phenoxy) is 1. The molecule has 0 bridgehead atoms. The van der Waals surface area contributed by atoms with E-state index in [2.05, 4.69) is 29.6 Å². The minimum Gasteiger partial charge on any atom is -0.480 e. The summed E-state index contributed by atoms with van der Waals surface area (Å²) in [4.78, 5) is 38.4. The number of allylic oxidation sites excluding steroid dienone is 1. The number of alkyl carbamates (subject to hydrolysis) is 1. The minimum atomic E-state index is -1.12. The van der Waals surface area contributed by atoms with Crippen LogP contribution in [-0.4, -0.2) is 64.4 Å². The number of carboxylic acid groups (broad SMARTS) is 1. The van der Waals surface area contributed by atoms with Crippen molar-refractivity contribution in [3.8, 4) is 11.1 Å². The van der Waals surface area contributed by atoms with E-state index in [1.807, 2.05) is 36.4 Å². The molecule has 1 aliphatic heterocycles. The summed E-state index contributed by atoms with van der Waals surface area (Å²) in [5.74, 6) is -1.93. The number of β-amino-alcohol motifs (C(OH)–C–C–N with tert-alkyl or cyclic N) is 1. The molecule has 2 amide bonds. The average Bonchev–Trinajstić information content (AvgIpc) is 3.41. The molecule has 8 nitrogen and oxygen atoms in total. The van der Waals surface area contributed by atoms with Crippen molar-refractivity contribution < 1.29 is 29.3 Å². The van der Waals surface area contributed by atoms with Gasteiger partial charge in [0.25, 0.3) is 0 Å². The number of carboxylic acids is 1. The highest BCUT2D eigenvalue weighted by molar-refractivity contribution is 5.86. The van der Waals surface area contributed by atoms with Crippen molar-refractivity contribution in [3.63, 3.8) is 0 Å². The van der Waals surface area contributed by atoms with Gasteiger partial charge in [0.1, 0.15) is 12.6 Å². The first-order valence-electron chi connectivity index (χ1n) is 11.9. The van der Waals surface area contributed by atoms with Crippen LogP contribution in [0.2, 0.25) is 0 Å². The molecule has 1 saturated heterocycles. The third-order valence-corrected chi connectivity index (χ3v) is 7.17. The Kier molecular flexibility index (Phi) is 6.30. The number of nitrogens with zero attached hydrogens (tertiary/aromatic N) is 1. The van der Waals surface area contributed by atoms with Gasteiger partial charge in [0.15, 0.2) is 0 Å². The first-order valence-corrected chi connectivity index (χ1v) is 11.9. The van der Waals surface area contributed by atoms with Crippen LogP contribution in [0.1, 0.15) is 36.3 Å². The number of carbonyl (C=O) groups is 3. The molecule has 35 heavy (non-hydrogen) atoms. The summed E-state index contributed by atoms with van der Waals surface area (Å²) >= 11 is 0. The molecule has 3 N–H and O–H groups in total. The molecule has 0 unspecified atom stereocenters. The number of benzene rings is 2. The van der Waals surface area contributed by atoms with Crippen molar-refractivity contribution in [2.45, 2.75) is 43.4 Å².